The van der Waals surface area contributed by atoms with Crippen LogP contribution in [0.2, 0.25) is 0 Å². The third-order valence-electron chi connectivity index (χ3n) is 8.15. The van der Waals surface area contributed by atoms with E-state index in [1.807, 2.05) is 18.2 Å². The second-order valence-corrected chi connectivity index (χ2v) is 12.5. The number of fused-ring (bicyclic) bond motifs is 2. The lowest BCUT2D eigenvalue weighted by atomic mass is 9.95. The summed E-state index contributed by atoms with van der Waals surface area (Å²) in [5, 5.41) is 10.6. The molecular formula is C26H35N5O4S. The number of carbonyl (C=O) groups excluding carboxylic acids is 1. The molecular weight excluding hydrogens is 478 g/mol. The molecule has 5 atom stereocenters. The molecule has 3 N–H and O–H groups in total. The van der Waals surface area contributed by atoms with Crippen molar-refractivity contribution in [3.63, 3.8) is 0 Å². The number of piperidine rings is 2. The SMILES string of the molecule is O=C(N[C@H]1C[C@H]2CC[C@@H](C1)N2S(=O)(=O)NC1CCN[C@@H](Cc2ccccc2)C1)c1cc(C2CC2)on1. The minimum atomic E-state index is -3.60. The zero-order chi connectivity index (χ0) is 24.7. The van der Waals surface area contributed by atoms with E-state index in [2.05, 4.69) is 32.6 Å². The van der Waals surface area contributed by atoms with Gasteiger partial charge in [-0.2, -0.15) is 17.4 Å². The van der Waals surface area contributed by atoms with Gasteiger partial charge in [0.15, 0.2) is 5.69 Å². The van der Waals surface area contributed by atoms with Crippen LogP contribution in [0.4, 0.5) is 0 Å². The fraction of sp³-hybridized carbons (Fsp3) is 0.615. The summed E-state index contributed by atoms with van der Waals surface area (Å²) in [5.74, 6) is 0.962. The molecule has 1 amide bonds. The average Bonchev–Trinajstić information content (AvgIpc) is 3.50. The summed E-state index contributed by atoms with van der Waals surface area (Å²) in [5.41, 5.74) is 1.58. The lowest BCUT2D eigenvalue weighted by Crippen LogP contribution is -2.58. The number of nitrogens with one attached hydrogen (secondary N) is 3. The first-order valence-electron chi connectivity index (χ1n) is 13.3. The first-order valence-corrected chi connectivity index (χ1v) is 14.7. The Bertz CT molecular complexity index is 1170. The van der Waals surface area contributed by atoms with Gasteiger partial charge in [0.2, 0.25) is 0 Å². The van der Waals surface area contributed by atoms with Gasteiger partial charge in [-0.3, -0.25) is 4.79 Å². The average molecular weight is 514 g/mol. The summed E-state index contributed by atoms with van der Waals surface area (Å²) in [4.78, 5) is 12.7. The van der Waals surface area contributed by atoms with Gasteiger partial charge < -0.3 is 15.2 Å². The molecule has 0 spiro atoms. The van der Waals surface area contributed by atoms with Gasteiger partial charge in [0.05, 0.1) is 0 Å². The van der Waals surface area contributed by atoms with Crippen LogP contribution >= 0.6 is 0 Å². The fourth-order valence-electron chi connectivity index (χ4n) is 6.30. The highest BCUT2D eigenvalue weighted by Crippen LogP contribution is 2.40. The van der Waals surface area contributed by atoms with Crippen LogP contribution in [0.3, 0.4) is 0 Å². The molecule has 10 heteroatoms. The van der Waals surface area contributed by atoms with Crippen molar-refractivity contribution in [1.29, 1.82) is 0 Å². The van der Waals surface area contributed by atoms with Gasteiger partial charge >= 0.3 is 0 Å². The van der Waals surface area contributed by atoms with Crippen molar-refractivity contribution < 1.29 is 17.7 Å². The molecule has 194 valence electrons. The van der Waals surface area contributed by atoms with Crippen molar-refractivity contribution in [3.05, 3.63) is 53.4 Å². The second kappa shape index (κ2) is 9.89. The topological polar surface area (TPSA) is 117 Å². The van der Waals surface area contributed by atoms with Crippen molar-refractivity contribution in [2.24, 2.45) is 0 Å². The van der Waals surface area contributed by atoms with Crippen molar-refractivity contribution in [3.8, 4) is 0 Å². The standard InChI is InChI=1S/C26H35N5O4S/c32-26(24-16-25(35-29-24)18-6-7-18)28-21-14-22-8-9-23(15-21)31(22)36(33,34)30-19-10-11-27-20(13-19)12-17-4-2-1-3-5-17/h1-5,16,18-23,27,30H,6-15H2,(H,28,32)/t19?,20-,21-,22+,23-/m0/s1. The summed E-state index contributed by atoms with van der Waals surface area (Å²) in [7, 11) is -3.60. The quantitative estimate of drug-likeness (QED) is 0.499. The molecule has 1 unspecified atom stereocenters. The number of nitrogens with zero attached hydrogens (tertiary/aromatic N) is 2. The maximum atomic E-state index is 13.5. The summed E-state index contributed by atoms with van der Waals surface area (Å²) >= 11 is 0. The maximum absolute atomic E-state index is 13.5. The zero-order valence-electron chi connectivity index (χ0n) is 20.4. The number of rotatable bonds is 8. The molecule has 0 radical (unpaired) electrons. The maximum Gasteiger partial charge on any atom is 0.280 e. The van der Waals surface area contributed by atoms with E-state index in [0.29, 0.717) is 24.5 Å². The van der Waals surface area contributed by atoms with E-state index in [1.165, 1.54) is 5.56 Å². The van der Waals surface area contributed by atoms with Gasteiger partial charge in [-0.15, -0.1) is 0 Å². The van der Waals surface area contributed by atoms with Gasteiger partial charge in [0.25, 0.3) is 16.1 Å². The minimum absolute atomic E-state index is 0.0586. The molecule has 2 aromatic rings. The van der Waals surface area contributed by atoms with Crippen molar-refractivity contribution in [2.75, 3.05) is 6.54 Å². The summed E-state index contributed by atoms with van der Waals surface area (Å²) in [6.45, 7) is 0.802. The lowest BCUT2D eigenvalue weighted by Gasteiger charge is -2.39. The Morgan fingerprint density at radius 3 is 2.50 bits per heavy atom. The highest BCUT2D eigenvalue weighted by atomic mass is 32.2. The minimum Gasteiger partial charge on any atom is -0.360 e. The van der Waals surface area contributed by atoms with Crippen LogP contribution in [0.1, 0.15) is 79.1 Å². The predicted octanol–water partition coefficient (Wildman–Crippen LogP) is 2.47. The number of amides is 1. The number of carbonyl (C=O) groups is 1. The Morgan fingerprint density at radius 2 is 1.78 bits per heavy atom. The highest BCUT2D eigenvalue weighted by Gasteiger charge is 2.47. The molecule has 2 bridgehead atoms. The van der Waals surface area contributed by atoms with Crippen LogP contribution in [0.5, 0.6) is 0 Å². The summed E-state index contributed by atoms with van der Waals surface area (Å²) in [6, 6.07) is 12.0. The second-order valence-electron chi connectivity index (χ2n) is 10.9. The number of hydrogen-bond acceptors (Lipinski definition) is 6. The molecule has 36 heavy (non-hydrogen) atoms. The highest BCUT2D eigenvalue weighted by molar-refractivity contribution is 7.87. The Balaban J connectivity index is 1.05. The third kappa shape index (κ3) is 5.22. The fourth-order valence-corrected chi connectivity index (χ4v) is 8.22. The summed E-state index contributed by atoms with van der Waals surface area (Å²) < 4.78 is 37.0. The zero-order valence-corrected chi connectivity index (χ0v) is 21.3. The smallest absolute Gasteiger partial charge is 0.280 e. The van der Waals surface area contributed by atoms with Gasteiger partial charge in [-0.25, -0.2) is 0 Å². The molecule has 4 fully saturated rings. The third-order valence-corrected chi connectivity index (χ3v) is 9.94. The lowest BCUT2D eigenvalue weighted by molar-refractivity contribution is 0.0899. The van der Waals surface area contributed by atoms with E-state index in [-0.39, 0.29) is 36.1 Å². The Morgan fingerprint density at radius 1 is 1.03 bits per heavy atom. The Labute approximate surface area is 212 Å². The van der Waals surface area contributed by atoms with E-state index >= 15 is 0 Å². The normalized spacial score (nSPS) is 30.8. The van der Waals surface area contributed by atoms with Crippen molar-refractivity contribution in [1.82, 2.24) is 24.8 Å². The van der Waals surface area contributed by atoms with Crippen LogP contribution < -0.4 is 15.4 Å². The van der Waals surface area contributed by atoms with E-state index in [0.717, 1.165) is 57.3 Å². The molecule has 1 aromatic carbocycles. The monoisotopic (exact) mass is 513 g/mol. The molecule has 1 aromatic heterocycles. The van der Waals surface area contributed by atoms with Gasteiger partial charge in [-0.1, -0.05) is 35.5 Å². The van der Waals surface area contributed by atoms with Gasteiger partial charge in [-0.05, 0) is 69.9 Å². The number of hydrogen-bond donors (Lipinski definition) is 3. The molecule has 3 aliphatic heterocycles. The van der Waals surface area contributed by atoms with Crippen LogP contribution in [-0.4, -0.2) is 60.5 Å². The van der Waals surface area contributed by atoms with E-state index in [4.69, 9.17) is 4.52 Å². The Kier molecular flexibility index (Phi) is 6.62. The van der Waals surface area contributed by atoms with Crippen LogP contribution in [-0.2, 0) is 16.6 Å². The predicted molar refractivity (Wildman–Crippen MR) is 135 cm³/mol. The van der Waals surface area contributed by atoms with E-state index < -0.39 is 10.2 Å². The van der Waals surface area contributed by atoms with Gasteiger partial charge in [0.1, 0.15) is 5.76 Å². The van der Waals surface area contributed by atoms with Crippen molar-refractivity contribution >= 4 is 16.1 Å². The van der Waals surface area contributed by atoms with Crippen LogP contribution in [0, 0.1) is 0 Å². The molecule has 4 heterocycles. The number of benzene rings is 1. The molecule has 4 aliphatic rings. The first kappa shape index (κ1) is 24.1. The van der Waals surface area contributed by atoms with Crippen LogP contribution in [0.15, 0.2) is 40.9 Å². The van der Waals surface area contributed by atoms with Crippen LogP contribution in [0.25, 0.3) is 0 Å². The first-order chi connectivity index (χ1) is 17.4. The molecule has 1 saturated carbocycles. The van der Waals surface area contributed by atoms with Gasteiger partial charge in [0, 0.05) is 42.2 Å². The molecule has 1 aliphatic carbocycles. The Hall–Kier alpha value is -2.27. The largest absolute Gasteiger partial charge is 0.360 e. The van der Waals surface area contributed by atoms with Crippen molar-refractivity contribution in [2.45, 2.75) is 93.9 Å². The van der Waals surface area contributed by atoms with E-state index in [1.54, 1.807) is 10.4 Å². The molecule has 3 saturated heterocycles. The molecule has 6 rings (SSSR count). The van der Waals surface area contributed by atoms with E-state index in [9.17, 15) is 13.2 Å². The summed E-state index contributed by atoms with van der Waals surface area (Å²) in [6.07, 6.45) is 7.54. The molecule has 9 nitrogen and oxygen atoms in total. The number of aromatic nitrogens is 1.